The third-order valence-corrected chi connectivity index (χ3v) is 4.29. The fourth-order valence-electron chi connectivity index (χ4n) is 2.78. The molecule has 6 nitrogen and oxygen atoms in total. The summed E-state index contributed by atoms with van der Waals surface area (Å²) in [6.45, 7) is 3.07. The lowest BCUT2D eigenvalue weighted by atomic mass is 10.1. The average Bonchev–Trinajstić information content (AvgIpc) is 3.21. The number of benzene rings is 2. The summed E-state index contributed by atoms with van der Waals surface area (Å²) in [7, 11) is 0. The van der Waals surface area contributed by atoms with E-state index in [1.807, 2.05) is 72.4 Å². The van der Waals surface area contributed by atoms with Crippen molar-refractivity contribution >= 4 is 17.5 Å². The Labute approximate surface area is 164 Å². The topological polar surface area (TPSA) is 76.0 Å². The molecule has 0 radical (unpaired) electrons. The smallest absolute Gasteiger partial charge is 0.251 e. The van der Waals surface area contributed by atoms with E-state index >= 15 is 0 Å². The number of aromatic nitrogens is 2. The minimum Gasteiger partial charge on any atom is -0.348 e. The Bertz CT molecular complexity index is 901. The summed E-state index contributed by atoms with van der Waals surface area (Å²) in [4.78, 5) is 24.0. The van der Waals surface area contributed by atoms with E-state index in [2.05, 4.69) is 15.7 Å². The van der Waals surface area contributed by atoms with Crippen LogP contribution in [0.5, 0.6) is 0 Å². The molecular formula is C22H24N4O2. The van der Waals surface area contributed by atoms with Crippen LogP contribution in [0.15, 0.2) is 67.0 Å². The number of anilines is 1. The van der Waals surface area contributed by atoms with Gasteiger partial charge in [-0.15, -0.1) is 0 Å². The number of carbonyl (C=O) groups excluding carboxylic acids is 2. The molecular weight excluding hydrogens is 352 g/mol. The largest absolute Gasteiger partial charge is 0.348 e. The Morgan fingerprint density at radius 3 is 2.36 bits per heavy atom. The van der Waals surface area contributed by atoms with Crippen molar-refractivity contribution in [3.8, 4) is 0 Å². The fraction of sp³-hybridized carbons (Fsp3) is 0.227. The van der Waals surface area contributed by atoms with Gasteiger partial charge in [0.25, 0.3) is 5.91 Å². The van der Waals surface area contributed by atoms with Gasteiger partial charge in [-0.3, -0.25) is 14.3 Å². The molecule has 0 fully saturated rings. The van der Waals surface area contributed by atoms with E-state index in [0.29, 0.717) is 25.1 Å². The molecule has 0 unspecified atom stereocenters. The van der Waals surface area contributed by atoms with Crippen LogP contribution in [0.2, 0.25) is 0 Å². The van der Waals surface area contributed by atoms with Gasteiger partial charge >= 0.3 is 0 Å². The van der Waals surface area contributed by atoms with Crippen LogP contribution < -0.4 is 10.6 Å². The van der Waals surface area contributed by atoms with Crippen molar-refractivity contribution in [1.82, 2.24) is 15.1 Å². The van der Waals surface area contributed by atoms with Gasteiger partial charge in [-0.1, -0.05) is 31.2 Å². The number of hydrogen-bond donors (Lipinski definition) is 2. The molecule has 0 atom stereocenters. The molecule has 2 aromatic carbocycles. The van der Waals surface area contributed by atoms with Crippen LogP contribution in [0, 0.1) is 0 Å². The highest BCUT2D eigenvalue weighted by atomic mass is 16.2. The van der Waals surface area contributed by atoms with E-state index in [1.165, 1.54) is 0 Å². The monoisotopic (exact) mass is 376 g/mol. The van der Waals surface area contributed by atoms with Gasteiger partial charge in [0.05, 0.1) is 6.54 Å². The molecule has 144 valence electrons. The Morgan fingerprint density at radius 1 is 1.00 bits per heavy atom. The number of nitrogens with zero attached hydrogens (tertiary/aromatic N) is 2. The van der Waals surface area contributed by atoms with E-state index in [9.17, 15) is 9.59 Å². The first kappa shape index (κ1) is 19.4. The maximum absolute atomic E-state index is 12.3. The summed E-state index contributed by atoms with van der Waals surface area (Å²) in [6.07, 6.45) is 4.98. The lowest BCUT2D eigenvalue weighted by Gasteiger charge is -2.08. The number of amides is 2. The Hall–Kier alpha value is -3.41. The molecule has 0 spiro atoms. The quantitative estimate of drug-likeness (QED) is 0.631. The summed E-state index contributed by atoms with van der Waals surface area (Å²) in [5.74, 6) is -0.106. The Kier molecular flexibility index (Phi) is 6.57. The molecule has 2 N–H and O–H groups in total. The molecule has 0 saturated carbocycles. The third kappa shape index (κ3) is 5.54. The maximum atomic E-state index is 12.3. The molecule has 0 bridgehead atoms. The van der Waals surface area contributed by atoms with Gasteiger partial charge < -0.3 is 10.6 Å². The minimum absolute atomic E-state index is 0.0135. The molecule has 0 aliphatic heterocycles. The van der Waals surface area contributed by atoms with E-state index in [1.54, 1.807) is 6.20 Å². The molecule has 3 rings (SSSR count). The van der Waals surface area contributed by atoms with Gasteiger partial charge in [0.1, 0.15) is 0 Å². The van der Waals surface area contributed by atoms with Gasteiger partial charge in [0.2, 0.25) is 5.91 Å². The van der Waals surface area contributed by atoms with Crippen molar-refractivity contribution in [3.63, 3.8) is 0 Å². The highest BCUT2D eigenvalue weighted by molar-refractivity contribution is 5.94. The molecule has 0 aliphatic carbocycles. The SMILES string of the molecule is CCCC(=O)Nc1ccc(CNC(=O)c2ccc(Cn3cccn3)cc2)cc1. The predicted octanol–water partition coefficient (Wildman–Crippen LogP) is 3.60. The minimum atomic E-state index is -0.119. The standard InChI is InChI=1S/C22H24N4O2/c1-2-4-21(27)25-20-11-7-17(8-12-20)15-23-22(28)19-9-5-18(6-10-19)16-26-14-3-13-24-26/h3,5-14H,2,4,15-16H2,1H3,(H,23,28)(H,25,27). The van der Waals surface area contributed by atoms with Crippen molar-refractivity contribution in [2.75, 3.05) is 5.32 Å². The molecule has 3 aromatic rings. The lowest BCUT2D eigenvalue weighted by Crippen LogP contribution is -2.22. The molecule has 0 saturated heterocycles. The fourth-order valence-corrected chi connectivity index (χ4v) is 2.78. The molecule has 28 heavy (non-hydrogen) atoms. The summed E-state index contributed by atoms with van der Waals surface area (Å²) in [6, 6.07) is 16.9. The highest BCUT2D eigenvalue weighted by Crippen LogP contribution is 2.11. The zero-order valence-electron chi connectivity index (χ0n) is 15.9. The number of hydrogen-bond acceptors (Lipinski definition) is 3. The van der Waals surface area contributed by atoms with Crippen LogP contribution in [-0.2, 0) is 17.9 Å². The first-order chi connectivity index (χ1) is 13.6. The maximum Gasteiger partial charge on any atom is 0.251 e. The van der Waals surface area contributed by atoms with Crippen LogP contribution in [0.4, 0.5) is 5.69 Å². The molecule has 1 aromatic heterocycles. The van der Waals surface area contributed by atoms with E-state index < -0.39 is 0 Å². The summed E-state index contributed by atoms with van der Waals surface area (Å²) in [5, 5.41) is 9.94. The first-order valence-electron chi connectivity index (χ1n) is 9.37. The summed E-state index contributed by atoms with van der Waals surface area (Å²) >= 11 is 0. The predicted molar refractivity (Wildman–Crippen MR) is 109 cm³/mol. The zero-order chi connectivity index (χ0) is 19.8. The van der Waals surface area contributed by atoms with E-state index in [4.69, 9.17) is 0 Å². The second kappa shape index (κ2) is 9.50. The van der Waals surface area contributed by atoms with Gasteiger partial charge in [0.15, 0.2) is 0 Å². The van der Waals surface area contributed by atoms with Crippen molar-refractivity contribution in [2.45, 2.75) is 32.9 Å². The van der Waals surface area contributed by atoms with Crippen molar-refractivity contribution in [1.29, 1.82) is 0 Å². The second-order valence-corrected chi connectivity index (χ2v) is 6.58. The van der Waals surface area contributed by atoms with Crippen molar-refractivity contribution in [2.24, 2.45) is 0 Å². The van der Waals surface area contributed by atoms with E-state index in [-0.39, 0.29) is 11.8 Å². The van der Waals surface area contributed by atoms with Crippen molar-refractivity contribution < 1.29 is 9.59 Å². The molecule has 0 aliphatic rings. The molecule has 2 amide bonds. The summed E-state index contributed by atoms with van der Waals surface area (Å²) in [5.41, 5.74) is 3.44. The van der Waals surface area contributed by atoms with Crippen LogP contribution in [0.1, 0.15) is 41.3 Å². The number of nitrogens with one attached hydrogen (secondary N) is 2. The van der Waals surface area contributed by atoms with Crippen LogP contribution in [-0.4, -0.2) is 21.6 Å². The molecule has 1 heterocycles. The second-order valence-electron chi connectivity index (χ2n) is 6.58. The third-order valence-electron chi connectivity index (χ3n) is 4.29. The molecule has 6 heteroatoms. The Morgan fingerprint density at radius 2 is 1.71 bits per heavy atom. The van der Waals surface area contributed by atoms with Crippen LogP contribution in [0.3, 0.4) is 0 Å². The summed E-state index contributed by atoms with van der Waals surface area (Å²) < 4.78 is 1.84. The van der Waals surface area contributed by atoms with Gasteiger partial charge in [0, 0.05) is 36.6 Å². The normalized spacial score (nSPS) is 10.5. The number of rotatable bonds is 8. The number of carbonyl (C=O) groups is 2. The zero-order valence-corrected chi connectivity index (χ0v) is 15.9. The van der Waals surface area contributed by atoms with Crippen LogP contribution in [0.25, 0.3) is 0 Å². The Balaban J connectivity index is 1.50. The van der Waals surface area contributed by atoms with Gasteiger partial charge in [-0.05, 0) is 47.9 Å². The lowest BCUT2D eigenvalue weighted by molar-refractivity contribution is -0.116. The highest BCUT2D eigenvalue weighted by Gasteiger charge is 2.06. The average molecular weight is 376 g/mol. The first-order valence-corrected chi connectivity index (χ1v) is 9.37. The van der Waals surface area contributed by atoms with Crippen molar-refractivity contribution in [3.05, 3.63) is 83.7 Å². The van der Waals surface area contributed by atoms with E-state index in [0.717, 1.165) is 23.2 Å². The van der Waals surface area contributed by atoms with Gasteiger partial charge in [-0.2, -0.15) is 5.10 Å². The van der Waals surface area contributed by atoms with Gasteiger partial charge in [-0.25, -0.2) is 0 Å². The van der Waals surface area contributed by atoms with Crippen LogP contribution >= 0.6 is 0 Å².